The molecule has 0 aliphatic carbocycles. The average molecular weight is 259 g/mol. The van der Waals surface area contributed by atoms with Crippen molar-refractivity contribution in [2.45, 2.75) is 0 Å². The smallest absolute Gasteiger partial charge is 0.356 e. The summed E-state index contributed by atoms with van der Waals surface area (Å²) in [5, 5.41) is 0. The molecule has 1 aromatic heterocycles. The number of aldehydes is 1. The molecule has 0 radical (unpaired) electrons. The summed E-state index contributed by atoms with van der Waals surface area (Å²) in [4.78, 5) is 26.1. The molecule has 19 heavy (non-hydrogen) atoms. The van der Waals surface area contributed by atoms with Crippen LogP contribution in [0.25, 0.3) is 11.1 Å². The summed E-state index contributed by atoms with van der Waals surface area (Å²) in [6.45, 7) is 0. The molecule has 0 fully saturated rings. The lowest BCUT2D eigenvalue weighted by Crippen LogP contribution is -2.06. The topological polar surface area (TPSA) is 56.3 Å². The molecule has 4 nitrogen and oxygen atoms in total. The maximum atomic E-state index is 13.7. The van der Waals surface area contributed by atoms with E-state index in [0.717, 1.165) is 0 Å². The molecule has 0 saturated carbocycles. The lowest BCUT2D eigenvalue weighted by Gasteiger charge is -2.06. The molecular formula is C14H10FNO3. The minimum Gasteiger partial charge on any atom is -0.464 e. The highest BCUT2D eigenvalue weighted by atomic mass is 19.1. The minimum absolute atomic E-state index is 0.0367. The molecule has 1 heterocycles. The normalized spacial score (nSPS) is 10.0. The third kappa shape index (κ3) is 2.65. The number of benzene rings is 1. The first kappa shape index (κ1) is 12.9. The Bertz CT molecular complexity index is 640. The predicted molar refractivity (Wildman–Crippen MR) is 66.4 cm³/mol. The monoisotopic (exact) mass is 259 g/mol. The lowest BCUT2D eigenvalue weighted by atomic mass is 10.0. The van der Waals surface area contributed by atoms with E-state index >= 15 is 0 Å². The number of methoxy groups -OCH3 is 1. The van der Waals surface area contributed by atoms with Gasteiger partial charge in [-0.3, -0.25) is 4.79 Å². The van der Waals surface area contributed by atoms with Gasteiger partial charge in [0.2, 0.25) is 0 Å². The van der Waals surface area contributed by atoms with Gasteiger partial charge < -0.3 is 4.74 Å². The molecular weight excluding hydrogens is 249 g/mol. The van der Waals surface area contributed by atoms with Crippen LogP contribution in [0.1, 0.15) is 21.0 Å². The number of halogens is 1. The number of nitrogens with zero attached hydrogens (tertiary/aromatic N) is 1. The molecule has 0 saturated heterocycles. The second-order valence-corrected chi connectivity index (χ2v) is 3.76. The van der Waals surface area contributed by atoms with E-state index in [-0.39, 0.29) is 17.0 Å². The number of hydrogen-bond acceptors (Lipinski definition) is 4. The van der Waals surface area contributed by atoms with Crippen LogP contribution in [0.4, 0.5) is 4.39 Å². The van der Waals surface area contributed by atoms with Crippen molar-refractivity contribution in [1.82, 2.24) is 4.98 Å². The van der Waals surface area contributed by atoms with Crippen LogP contribution < -0.4 is 0 Å². The fourth-order valence-electron chi connectivity index (χ4n) is 1.67. The molecule has 2 rings (SSSR count). The van der Waals surface area contributed by atoms with Gasteiger partial charge in [-0.25, -0.2) is 14.2 Å². The van der Waals surface area contributed by atoms with Crippen LogP contribution in [-0.2, 0) is 4.74 Å². The van der Waals surface area contributed by atoms with Crippen LogP contribution in [0.2, 0.25) is 0 Å². The number of aromatic nitrogens is 1. The van der Waals surface area contributed by atoms with E-state index in [1.807, 2.05) is 0 Å². The van der Waals surface area contributed by atoms with Gasteiger partial charge in [-0.1, -0.05) is 18.2 Å². The Labute approximate surface area is 108 Å². The number of esters is 1. The zero-order chi connectivity index (χ0) is 13.8. The molecule has 0 amide bonds. The third-order valence-corrected chi connectivity index (χ3v) is 2.55. The van der Waals surface area contributed by atoms with Gasteiger partial charge in [0.15, 0.2) is 6.29 Å². The van der Waals surface area contributed by atoms with Crippen molar-refractivity contribution in [3.8, 4) is 11.1 Å². The molecule has 0 spiro atoms. The molecule has 96 valence electrons. The van der Waals surface area contributed by atoms with Crippen molar-refractivity contribution in [1.29, 1.82) is 0 Å². The van der Waals surface area contributed by atoms with Crippen LogP contribution in [-0.4, -0.2) is 24.3 Å². The highest BCUT2D eigenvalue weighted by Crippen LogP contribution is 2.23. The van der Waals surface area contributed by atoms with Crippen molar-refractivity contribution in [2.75, 3.05) is 7.11 Å². The highest BCUT2D eigenvalue weighted by molar-refractivity contribution is 5.90. The van der Waals surface area contributed by atoms with Crippen molar-refractivity contribution in [3.05, 3.63) is 53.6 Å². The van der Waals surface area contributed by atoms with E-state index in [2.05, 4.69) is 9.72 Å². The Balaban J connectivity index is 2.60. The van der Waals surface area contributed by atoms with Gasteiger partial charge >= 0.3 is 5.97 Å². The molecule has 0 N–H and O–H groups in total. The van der Waals surface area contributed by atoms with Gasteiger partial charge in [0.25, 0.3) is 0 Å². The van der Waals surface area contributed by atoms with Gasteiger partial charge in [-0.15, -0.1) is 0 Å². The minimum atomic E-state index is -0.679. The second-order valence-electron chi connectivity index (χ2n) is 3.76. The summed E-state index contributed by atoms with van der Waals surface area (Å²) in [6, 6.07) is 8.88. The first-order valence-electron chi connectivity index (χ1n) is 5.46. The first-order valence-corrected chi connectivity index (χ1v) is 5.46. The van der Waals surface area contributed by atoms with Crippen molar-refractivity contribution >= 4 is 12.3 Å². The summed E-state index contributed by atoms with van der Waals surface area (Å²) >= 11 is 0. The maximum Gasteiger partial charge on any atom is 0.356 e. The number of hydrogen-bond donors (Lipinski definition) is 0. The standard InChI is InChI=1S/C14H10FNO3/c1-19-14(18)13-7-9(6-10(8-17)16-13)11-4-2-3-5-12(11)15/h2-8H,1H3. The van der Waals surface area contributed by atoms with Crippen LogP contribution in [0.15, 0.2) is 36.4 Å². The SMILES string of the molecule is COC(=O)c1cc(-c2ccccc2F)cc(C=O)n1. The van der Waals surface area contributed by atoms with E-state index in [9.17, 15) is 14.0 Å². The van der Waals surface area contributed by atoms with Gasteiger partial charge in [-0.05, 0) is 23.8 Å². The Hall–Kier alpha value is -2.56. The van der Waals surface area contributed by atoms with Gasteiger partial charge in [0.1, 0.15) is 17.2 Å². The van der Waals surface area contributed by atoms with Crippen molar-refractivity contribution < 1.29 is 18.7 Å². The summed E-state index contributed by atoms with van der Waals surface area (Å²) in [5.41, 5.74) is 0.695. The van der Waals surface area contributed by atoms with Gasteiger partial charge in [-0.2, -0.15) is 0 Å². The molecule has 1 aromatic carbocycles. The Morgan fingerprint density at radius 3 is 2.68 bits per heavy atom. The van der Waals surface area contributed by atoms with Crippen LogP contribution in [0.3, 0.4) is 0 Å². The largest absolute Gasteiger partial charge is 0.464 e. The molecule has 0 unspecified atom stereocenters. The molecule has 2 aromatic rings. The van der Waals surface area contributed by atoms with Crippen LogP contribution >= 0.6 is 0 Å². The fraction of sp³-hybridized carbons (Fsp3) is 0.0714. The number of carbonyl (C=O) groups excluding carboxylic acids is 2. The molecule has 0 aliphatic rings. The van der Waals surface area contributed by atoms with E-state index in [1.165, 1.54) is 25.3 Å². The number of rotatable bonds is 3. The van der Waals surface area contributed by atoms with E-state index in [4.69, 9.17) is 0 Å². The molecule has 5 heteroatoms. The Morgan fingerprint density at radius 2 is 2.05 bits per heavy atom. The second kappa shape index (κ2) is 5.39. The predicted octanol–water partition coefficient (Wildman–Crippen LogP) is 2.49. The van der Waals surface area contributed by atoms with Crippen molar-refractivity contribution in [2.24, 2.45) is 0 Å². The first-order chi connectivity index (χ1) is 9.15. The fourth-order valence-corrected chi connectivity index (χ4v) is 1.67. The van der Waals surface area contributed by atoms with Crippen molar-refractivity contribution in [3.63, 3.8) is 0 Å². The van der Waals surface area contributed by atoms with Gasteiger partial charge in [0, 0.05) is 5.56 Å². The van der Waals surface area contributed by atoms with Crippen LogP contribution in [0.5, 0.6) is 0 Å². The summed E-state index contributed by atoms with van der Waals surface area (Å²) in [6.07, 6.45) is 0.497. The van der Waals surface area contributed by atoms with Crippen LogP contribution in [0, 0.1) is 5.82 Å². The highest BCUT2D eigenvalue weighted by Gasteiger charge is 2.13. The Morgan fingerprint density at radius 1 is 1.32 bits per heavy atom. The summed E-state index contributed by atoms with van der Waals surface area (Å²) in [5.74, 6) is -1.12. The third-order valence-electron chi connectivity index (χ3n) is 2.55. The number of ether oxygens (including phenoxy) is 1. The average Bonchev–Trinajstić information content (AvgIpc) is 2.46. The zero-order valence-corrected chi connectivity index (χ0v) is 10.1. The quantitative estimate of drug-likeness (QED) is 0.627. The maximum absolute atomic E-state index is 13.7. The molecule has 0 bridgehead atoms. The van der Waals surface area contributed by atoms with Gasteiger partial charge in [0.05, 0.1) is 7.11 Å². The Kier molecular flexibility index (Phi) is 3.66. The zero-order valence-electron chi connectivity index (χ0n) is 10.1. The molecule has 0 aliphatic heterocycles. The number of pyridine rings is 1. The lowest BCUT2D eigenvalue weighted by molar-refractivity contribution is 0.0594. The van der Waals surface area contributed by atoms with E-state index < -0.39 is 11.8 Å². The van der Waals surface area contributed by atoms with E-state index in [0.29, 0.717) is 11.8 Å². The molecule has 0 atom stereocenters. The summed E-state index contributed by atoms with van der Waals surface area (Å²) < 4.78 is 18.2. The summed E-state index contributed by atoms with van der Waals surface area (Å²) in [7, 11) is 1.21. The van der Waals surface area contributed by atoms with E-state index in [1.54, 1.807) is 18.2 Å². The number of carbonyl (C=O) groups is 2.